The molecule has 3 N–H and O–H groups in total. The lowest BCUT2D eigenvalue weighted by Crippen LogP contribution is -2.35. The monoisotopic (exact) mass is 293 g/mol. The molecule has 112 valence electrons. The predicted octanol–water partition coefficient (Wildman–Crippen LogP) is 0.526. The molecule has 2 aliphatic rings. The average molecular weight is 293 g/mol. The summed E-state index contributed by atoms with van der Waals surface area (Å²) < 4.78 is 14.2. The summed E-state index contributed by atoms with van der Waals surface area (Å²) in [5, 5.41) is 15.0. The number of carbonyl (C=O) groups excluding carboxylic acids is 2. The molecule has 0 aliphatic carbocycles. The summed E-state index contributed by atoms with van der Waals surface area (Å²) in [6, 6.07) is 2.73. The van der Waals surface area contributed by atoms with E-state index in [9.17, 15) is 19.1 Å². The highest BCUT2D eigenvalue weighted by Gasteiger charge is 2.32. The molecule has 0 saturated carbocycles. The highest BCUT2D eigenvalue weighted by Crippen LogP contribution is 2.36. The van der Waals surface area contributed by atoms with Gasteiger partial charge in [0.2, 0.25) is 5.91 Å². The summed E-state index contributed by atoms with van der Waals surface area (Å²) in [5.41, 5.74) is 1.07. The Kier molecular flexibility index (Phi) is 3.29. The van der Waals surface area contributed by atoms with Gasteiger partial charge in [0.25, 0.3) is 5.91 Å². The zero-order valence-electron chi connectivity index (χ0n) is 11.5. The molecule has 2 heterocycles. The van der Waals surface area contributed by atoms with Crippen LogP contribution in [-0.4, -0.2) is 36.1 Å². The third-order valence-electron chi connectivity index (χ3n) is 3.86. The minimum absolute atomic E-state index is 0.00432. The van der Waals surface area contributed by atoms with E-state index in [-0.39, 0.29) is 17.5 Å². The van der Waals surface area contributed by atoms with Crippen LogP contribution >= 0.6 is 0 Å². The first-order valence-corrected chi connectivity index (χ1v) is 6.80. The maximum Gasteiger partial charge on any atom is 0.257 e. The zero-order valence-corrected chi connectivity index (χ0v) is 11.5. The molecule has 0 spiro atoms. The minimum atomic E-state index is -1.31. The first-order valence-electron chi connectivity index (χ1n) is 6.80. The van der Waals surface area contributed by atoms with Crippen LogP contribution in [-0.2, 0) is 9.59 Å². The van der Waals surface area contributed by atoms with E-state index in [1.165, 1.54) is 19.1 Å². The second-order valence-corrected chi connectivity index (χ2v) is 5.41. The first kappa shape index (κ1) is 13.8. The number of hydrogen-bond donors (Lipinski definition) is 3. The van der Waals surface area contributed by atoms with Crippen LogP contribution in [0.5, 0.6) is 0 Å². The number of aliphatic hydroxyl groups excluding tert-OH is 1. The summed E-state index contributed by atoms with van der Waals surface area (Å²) in [6.45, 7) is 2.60. The standard InChI is InChI=1S/C14H16FN3O3/c1-7(19)16-8-2-3-18(6-8)12-5-11-9(4-10(12)15)13(20)14(21)17-11/h4-5,8,13,20H,2-3,6H2,1H3,(H,16,19)(H,17,21). The molecule has 1 fully saturated rings. The lowest BCUT2D eigenvalue weighted by Gasteiger charge is -2.20. The van der Waals surface area contributed by atoms with Crippen molar-refractivity contribution >= 4 is 23.2 Å². The van der Waals surface area contributed by atoms with Crippen molar-refractivity contribution in [1.29, 1.82) is 0 Å². The molecule has 1 saturated heterocycles. The van der Waals surface area contributed by atoms with Gasteiger partial charge in [-0.2, -0.15) is 0 Å². The van der Waals surface area contributed by atoms with Gasteiger partial charge in [0.05, 0.1) is 5.69 Å². The number of hydrogen-bond acceptors (Lipinski definition) is 4. The van der Waals surface area contributed by atoms with Crippen molar-refractivity contribution in [3.05, 3.63) is 23.5 Å². The van der Waals surface area contributed by atoms with Crippen LogP contribution < -0.4 is 15.5 Å². The molecule has 0 radical (unpaired) electrons. The molecular weight excluding hydrogens is 277 g/mol. The van der Waals surface area contributed by atoms with E-state index in [0.717, 1.165) is 6.42 Å². The fraction of sp³-hybridized carbons (Fsp3) is 0.429. The topological polar surface area (TPSA) is 81.7 Å². The van der Waals surface area contributed by atoms with E-state index in [0.29, 0.717) is 24.5 Å². The Morgan fingerprint density at radius 3 is 3.00 bits per heavy atom. The maximum atomic E-state index is 14.2. The lowest BCUT2D eigenvalue weighted by atomic mass is 10.1. The second kappa shape index (κ2) is 5.00. The largest absolute Gasteiger partial charge is 0.378 e. The fourth-order valence-electron chi connectivity index (χ4n) is 2.88. The van der Waals surface area contributed by atoms with E-state index in [2.05, 4.69) is 10.6 Å². The van der Waals surface area contributed by atoms with Crippen LogP contribution in [0.2, 0.25) is 0 Å². The Balaban J connectivity index is 1.83. The van der Waals surface area contributed by atoms with Gasteiger partial charge in [-0.3, -0.25) is 9.59 Å². The van der Waals surface area contributed by atoms with Gasteiger partial charge in [-0.15, -0.1) is 0 Å². The average Bonchev–Trinajstić information content (AvgIpc) is 2.96. The molecule has 2 aliphatic heterocycles. The van der Waals surface area contributed by atoms with Crippen LogP contribution in [0.4, 0.5) is 15.8 Å². The van der Waals surface area contributed by atoms with Crippen molar-refractivity contribution in [2.24, 2.45) is 0 Å². The number of halogens is 1. The maximum absolute atomic E-state index is 14.2. The summed E-state index contributed by atoms with van der Waals surface area (Å²) in [7, 11) is 0. The SMILES string of the molecule is CC(=O)NC1CCN(c2cc3c(cc2F)C(O)C(=O)N3)C1. The van der Waals surface area contributed by atoms with Gasteiger partial charge in [0, 0.05) is 37.3 Å². The van der Waals surface area contributed by atoms with E-state index in [1.807, 2.05) is 4.90 Å². The third kappa shape index (κ3) is 2.44. The van der Waals surface area contributed by atoms with E-state index in [4.69, 9.17) is 0 Å². The minimum Gasteiger partial charge on any atom is -0.378 e. The highest BCUT2D eigenvalue weighted by atomic mass is 19.1. The van der Waals surface area contributed by atoms with Gasteiger partial charge >= 0.3 is 0 Å². The Labute approximate surface area is 120 Å². The van der Waals surface area contributed by atoms with Crippen LogP contribution in [0.1, 0.15) is 25.0 Å². The van der Waals surface area contributed by atoms with Crippen molar-refractivity contribution in [2.45, 2.75) is 25.5 Å². The second-order valence-electron chi connectivity index (χ2n) is 5.41. The van der Waals surface area contributed by atoms with Gasteiger partial charge in [-0.05, 0) is 18.6 Å². The van der Waals surface area contributed by atoms with E-state index < -0.39 is 17.8 Å². The summed E-state index contributed by atoms with van der Waals surface area (Å²) in [6.07, 6.45) is -0.570. The normalized spacial score (nSPS) is 24.0. The number of anilines is 2. The summed E-state index contributed by atoms with van der Waals surface area (Å²) in [4.78, 5) is 24.3. The van der Waals surface area contributed by atoms with Gasteiger partial charge < -0.3 is 20.6 Å². The molecule has 0 aromatic heterocycles. The molecule has 7 heteroatoms. The number of nitrogens with one attached hydrogen (secondary N) is 2. The number of nitrogens with zero attached hydrogens (tertiary/aromatic N) is 1. The number of fused-ring (bicyclic) bond motifs is 1. The molecule has 3 rings (SSSR count). The Morgan fingerprint density at radius 1 is 1.52 bits per heavy atom. The van der Waals surface area contributed by atoms with Gasteiger partial charge in [0.15, 0.2) is 6.10 Å². The molecule has 2 atom stereocenters. The molecule has 0 bridgehead atoms. The molecule has 2 amide bonds. The van der Waals surface area contributed by atoms with Crippen LogP contribution in [0, 0.1) is 5.82 Å². The summed E-state index contributed by atoms with van der Waals surface area (Å²) >= 11 is 0. The lowest BCUT2D eigenvalue weighted by molar-refractivity contribution is -0.123. The number of amides is 2. The van der Waals surface area contributed by atoms with Crippen LogP contribution in [0.15, 0.2) is 12.1 Å². The zero-order chi connectivity index (χ0) is 15.1. The van der Waals surface area contributed by atoms with E-state index in [1.54, 1.807) is 0 Å². The third-order valence-corrected chi connectivity index (χ3v) is 3.86. The van der Waals surface area contributed by atoms with Gasteiger partial charge in [0.1, 0.15) is 5.82 Å². The first-order chi connectivity index (χ1) is 9.95. The Bertz CT molecular complexity index is 620. The number of aliphatic hydroxyl groups is 1. The number of carbonyl (C=O) groups is 2. The molecular formula is C14H16FN3O3. The van der Waals surface area contributed by atoms with Gasteiger partial charge in [-0.1, -0.05) is 0 Å². The van der Waals surface area contributed by atoms with Crippen LogP contribution in [0.3, 0.4) is 0 Å². The van der Waals surface area contributed by atoms with Crippen molar-refractivity contribution in [1.82, 2.24) is 5.32 Å². The Morgan fingerprint density at radius 2 is 2.29 bits per heavy atom. The molecule has 1 aromatic rings. The molecule has 6 nitrogen and oxygen atoms in total. The smallest absolute Gasteiger partial charge is 0.257 e. The molecule has 21 heavy (non-hydrogen) atoms. The Hall–Kier alpha value is -2.15. The van der Waals surface area contributed by atoms with Crippen molar-refractivity contribution < 1.29 is 19.1 Å². The highest BCUT2D eigenvalue weighted by molar-refractivity contribution is 6.02. The molecule has 2 unspecified atom stereocenters. The molecule has 1 aromatic carbocycles. The van der Waals surface area contributed by atoms with Crippen LogP contribution in [0.25, 0.3) is 0 Å². The number of benzene rings is 1. The van der Waals surface area contributed by atoms with E-state index >= 15 is 0 Å². The summed E-state index contributed by atoms with van der Waals surface area (Å²) in [5.74, 6) is -1.13. The fourth-order valence-corrected chi connectivity index (χ4v) is 2.88. The van der Waals surface area contributed by atoms with Gasteiger partial charge in [-0.25, -0.2) is 4.39 Å². The van der Waals surface area contributed by atoms with Crippen molar-refractivity contribution in [2.75, 3.05) is 23.3 Å². The quantitative estimate of drug-likeness (QED) is 0.743. The number of rotatable bonds is 2. The van der Waals surface area contributed by atoms with Crippen molar-refractivity contribution in [3.63, 3.8) is 0 Å². The predicted molar refractivity (Wildman–Crippen MR) is 74.4 cm³/mol. The van der Waals surface area contributed by atoms with Crippen molar-refractivity contribution in [3.8, 4) is 0 Å².